The summed E-state index contributed by atoms with van der Waals surface area (Å²) in [5, 5.41) is 6.58. The minimum Gasteiger partial charge on any atom is -0.488 e. The Balaban J connectivity index is 1.59. The average molecular weight is 505 g/mol. The largest absolute Gasteiger partial charge is 0.488 e. The molecule has 4 rings (SSSR count). The van der Waals surface area contributed by atoms with E-state index in [-0.39, 0.29) is 30.2 Å². The van der Waals surface area contributed by atoms with Crippen molar-refractivity contribution in [1.82, 2.24) is 15.3 Å². The van der Waals surface area contributed by atoms with Crippen molar-refractivity contribution in [3.05, 3.63) is 47.5 Å². The number of aromatic nitrogens is 2. The maximum Gasteiger partial charge on any atom is 0.246 e. The summed E-state index contributed by atoms with van der Waals surface area (Å²) >= 11 is 5.92. The highest BCUT2D eigenvalue weighted by atomic mass is 35.5. The van der Waals surface area contributed by atoms with Crippen LogP contribution in [-0.2, 0) is 14.3 Å². The van der Waals surface area contributed by atoms with Gasteiger partial charge in [-0.3, -0.25) is 4.79 Å². The van der Waals surface area contributed by atoms with Gasteiger partial charge >= 0.3 is 0 Å². The summed E-state index contributed by atoms with van der Waals surface area (Å²) in [6, 6.07) is 7.93. The second-order valence-corrected chi connectivity index (χ2v) is 8.26. The highest BCUT2D eigenvalue weighted by Crippen LogP contribution is 2.36. The van der Waals surface area contributed by atoms with E-state index in [4.69, 9.17) is 30.5 Å². The minimum atomic E-state index is -0.503. The number of hydrogen-bond acceptors (Lipinski definition) is 8. The summed E-state index contributed by atoms with van der Waals surface area (Å²) in [7, 11) is 1.46. The lowest BCUT2D eigenvalue weighted by Crippen LogP contribution is -2.31. The van der Waals surface area contributed by atoms with Crippen molar-refractivity contribution in [3.8, 4) is 11.5 Å². The first-order chi connectivity index (χ1) is 17.0. The molecule has 1 aliphatic rings. The van der Waals surface area contributed by atoms with Crippen molar-refractivity contribution in [2.45, 2.75) is 18.9 Å². The molecule has 1 amide bonds. The Morgan fingerprint density at radius 3 is 2.80 bits per heavy atom. The van der Waals surface area contributed by atoms with Crippen molar-refractivity contribution in [2.24, 2.45) is 0 Å². The van der Waals surface area contributed by atoms with Gasteiger partial charge in [-0.25, -0.2) is 14.4 Å². The van der Waals surface area contributed by atoms with Gasteiger partial charge in [0.2, 0.25) is 5.91 Å². The number of nitrogens with zero attached hydrogens (tertiary/aromatic N) is 2. The number of hydrogen-bond donors (Lipinski definition) is 2. The van der Waals surface area contributed by atoms with E-state index in [0.717, 1.165) is 12.8 Å². The molecule has 0 radical (unpaired) electrons. The van der Waals surface area contributed by atoms with Crippen LogP contribution >= 0.6 is 11.6 Å². The van der Waals surface area contributed by atoms with Gasteiger partial charge in [0.15, 0.2) is 11.5 Å². The molecule has 0 atom stereocenters. The van der Waals surface area contributed by atoms with Crippen molar-refractivity contribution in [3.63, 3.8) is 0 Å². The molecular formula is C24H26ClFN4O5. The van der Waals surface area contributed by atoms with Crippen LogP contribution in [0.3, 0.4) is 0 Å². The van der Waals surface area contributed by atoms with Crippen LogP contribution < -0.4 is 20.1 Å². The zero-order valence-electron chi connectivity index (χ0n) is 19.2. The zero-order valence-corrected chi connectivity index (χ0v) is 19.9. The molecule has 1 saturated heterocycles. The number of anilines is 2. The Morgan fingerprint density at radius 1 is 1.20 bits per heavy atom. The van der Waals surface area contributed by atoms with E-state index in [9.17, 15) is 9.18 Å². The van der Waals surface area contributed by atoms with Crippen molar-refractivity contribution in [1.29, 1.82) is 0 Å². The minimum absolute atomic E-state index is 0.00479. The van der Waals surface area contributed by atoms with Gasteiger partial charge in [-0.05, 0) is 24.3 Å². The highest BCUT2D eigenvalue weighted by molar-refractivity contribution is 6.31. The van der Waals surface area contributed by atoms with Crippen molar-refractivity contribution < 1.29 is 28.1 Å². The molecular weight excluding hydrogens is 479 g/mol. The molecule has 2 N–H and O–H groups in total. The summed E-state index contributed by atoms with van der Waals surface area (Å²) in [5.41, 5.74) is 1.20. The van der Waals surface area contributed by atoms with Gasteiger partial charge in [0.05, 0.1) is 30.3 Å². The highest BCUT2D eigenvalue weighted by Gasteiger charge is 2.20. The molecule has 35 heavy (non-hydrogen) atoms. The fraction of sp³-hybridized carbons (Fsp3) is 0.375. The summed E-state index contributed by atoms with van der Waals surface area (Å²) in [6.07, 6.45) is 2.91. The number of benzene rings is 2. The molecule has 1 fully saturated rings. The van der Waals surface area contributed by atoms with Gasteiger partial charge in [0, 0.05) is 37.1 Å². The average Bonchev–Trinajstić information content (AvgIpc) is 2.85. The molecule has 3 aromatic rings. The Hall–Kier alpha value is -3.21. The van der Waals surface area contributed by atoms with Crippen LogP contribution in [0, 0.1) is 5.82 Å². The Labute approximate surface area is 206 Å². The summed E-state index contributed by atoms with van der Waals surface area (Å²) in [4.78, 5) is 20.3. The molecule has 1 aromatic heterocycles. The van der Waals surface area contributed by atoms with Gasteiger partial charge in [0.25, 0.3) is 0 Å². The normalized spacial score (nSPS) is 14.0. The molecule has 11 heteroatoms. The molecule has 9 nitrogen and oxygen atoms in total. The third-order valence-corrected chi connectivity index (χ3v) is 5.59. The number of halogens is 2. The standard InChI is InChI=1S/C24H26ClFN4O5/c1-32-13-23(31)27-6-9-34-21-12-20-17(11-22(21)35-16-4-7-33-8-5-16)24(29-14-28-20)30-15-2-3-19(26)18(25)10-15/h2-3,10-12,14,16H,4-9,13H2,1H3,(H,27,31)(H,28,29,30). The van der Waals surface area contributed by atoms with E-state index in [1.165, 1.54) is 25.6 Å². The van der Waals surface area contributed by atoms with Crippen LogP contribution in [-0.4, -0.2) is 62.1 Å². The third-order valence-electron chi connectivity index (χ3n) is 5.30. The van der Waals surface area contributed by atoms with Crippen LogP contribution in [0.4, 0.5) is 15.9 Å². The van der Waals surface area contributed by atoms with Crippen LogP contribution in [0.2, 0.25) is 5.02 Å². The first kappa shape index (κ1) is 24.9. The lowest BCUT2D eigenvalue weighted by Gasteiger charge is -2.25. The smallest absolute Gasteiger partial charge is 0.246 e. The first-order valence-electron chi connectivity index (χ1n) is 11.2. The molecule has 186 valence electrons. The van der Waals surface area contributed by atoms with Crippen LogP contribution in [0.15, 0.2) is 36.7 Å². The quantitative estimate of drug-likeness (QED) is 0.401. The summed E-state index contributed by atoms with van der Waals surface area (Å²) in [6.45, 7) is 1.77. The van der Waals surface area contributed by atoms with Gasteiger partial charge in [-0.15, -0.1) is 0 Å². The number of methoxy groups -OCH3 is 1. The molecule has 0 unspecified atom stereocenters. The number of nitrogens with one attached hydrogen (secondary N) is 2. The van der Waals surface area contributed by atoms with Crippen molar-refractivity contribution in [2.75, 3.05) is 45.4 Å². The molecule has 0 spiro atoms. The molecule has 0 bridgehead atoms. The number of fused-ring (bicyclic) bond motifs is 1. The number of ether oxygens (including phenoxy) is 4. The van der Waals surface area contributed by atoms with Gasteiger partial charge < -0.3 is 29.6 Å². The Morgan fingerprint density at radius 2 is 2.03 bits per heavy atom. The zero-order chi connectivity index (χ0) is 24.6. The molecule has 0 saturated carbocycles. The molecule has 2 aromatic carbocycles. The van der Waals surface area contributed by atoms with Gasteiger partial charge in [-0.2, -0.15) is 0 Å². The maximum atomic E-state index is 13.6. The number of carbonyl (C=O) groups excluding carboxylic acids is 1. The van der Waals surface area contributed by atoms with E-state index < -0.39 is 5.82 Å². The summed E-state index contributed by atoms with van der Waals surface area (Å²) < 4.78 is 36.0. The lowest BCUT2D eigenvalue weighted by atomic mass is 10.1. The number of rotatable bonds is 10. The van der Waals surface area contributed by atoms with E-state index in [1.807, 2.05) is 6.07 Å². The van der Waals surface area contributed by atoms with Gasteiger partial charge in [0.1, 0.15) is 37.3 Å². The Kier molecular flexibility index (Phi) is 8.51. The van der Waals surface area contributed by atoms with Crippen molar-refractivity contribution >= 4 is 39.9 Å². The number of amides is 1. The van der Waals surface area contributed by atoms with E-state index in [1.54, 1.807) is 12.1 Å². The topological polar surface area (TPSA) is 104 Å². The SMILES string of the molecule is COCC(=O)NCCOc1cc2ncnc(Nc3ccc(F)c(Cl)c3)c2cc1OC1CCOCC1. The first-order valence-corrected chi connectivity index (χ1v) is 11.5. The van der Waals surface area contributed by atoms with Crippen LogP contribution in [0.25, 0.3) is 10.9 Å². The Bertz CT molecular complexity index is 1180. The number of carbonyl (C=O) groups is 1. The molecule has 1 aliphatic heterocycles. The fourth-order valence-corrected chi connectivity index (χ4v) is 3.77. The van der Waals surface area contributed by atoms with Crippen LogP contribution in [0.1, 0.15) is 12.8 Å². The van der Waals surface area contributed by atoms with E-state index in [0.29, 0.717) is 53.7 Å². The molecule has 2 heterocycles. The van der Waals surface area contributed by atoms with Crippen LogP contribution in [0.5, 0.6) is 11.5 Å². The predicted molar refractivity (Wildman–Crippen MR) is 129 cm³/mol. The molecule has 0 aliphatic carbocycles. The second kappa shape index (κ2) is 12.0. The monoisotopic (exact) mass is 504 g/mol. The predicted octanol–water partition coefficient (Wildman–Crippen LogP) is 3.87. The summed E-state index contributed by atoms with van der Waals surface area (Å²) in [5.74, 6) is 0.810. The van der Waals surface area contributed by atoms with Gasteiger partial charge in [-0.1, -0.05) is 11.6 Å². The van der Waals surface area contributed by atoms with E-state index >= 15 is 0 Å². The maximum absolute atomic E-state index is 13.6. The lowest BCUT2D eigenvalue weighted by molar-refractivity contribution is -0.124. The third kappa shape index (κ3) is 6.68. The van der Waals surface area contributed by atoms with E-state index in [2.05, 4.69) is 20.6 Å². The second-order valence-electron chi connectivity index (χ2n) is 7.85. The fourth-order valence-electron chi connectivity index (χ4n) is 3.59.